The van der Waals surface area contributed by atoms with Gasteiger partial charge in [-0.3, -0.25) is 0 Å². The Hall–Kier alpha value is -0.810. The van der Waals surface area contributed by atoms with Crippen LogP contribution in [0.2, 0.25) is 0 Å². The van der Waals surface area contributed by atoms with Crippen LogP contribution in [0.5, 0.6) is 0 Å². The van der Waals surface area contributed by atoms with Gasteiger partial charge in [0.1, 0.15) is 5.60 Å². The number of aliphatic hydroxyl groups excluding tert-OH is 1. The van der Waals surface area contributed by atoms with Crippen LogP contribution in [0, 0.1) is 0 Å². The van der Waals surface area contributed by atoms with E-state index in [0.717, 1.165) is 0 Å². The van der Waals surface area contributed by atoms with Gasteiger partial charge in [-0.15, -0.1) is 0 Å². The van der Waals surface area contributed by atoms with Crippen molar-refractivity contribution in [3.63, 3.8) is 0 Å². The van der Waals surface area contributed by atoms with Crippen LogP contribution in [-0.4, -0.2) is 36.3 Å². The Labute approximate surface area is 82.4 Å². The first-order valence-electron chi connectivity index (χ1n) is 4.60. The van der Waals surface area contributed by atoms with Crippen LogP contribution in [0.25, 0.3) is 10.4 Å². The average molecular weight is 201 g/mol. The highest BCUT2D eigenvalue weighted by Gasteiger charge is 2.44. The Morgan fingerprint density at radius 3 is 3.00 bits per heavy atom. The minimum atomic E-state index is -0.813. The van der Waals surface area contributed by atoms with E-state index < -0.39 is 5.60 Å². The Morgan fingerprint density at radius 1 is 1.79 bits per heavy atom. The SMILES string of the molecule is CCOC1CC(N=[N+]=[N-])[C@@](C)(CO)O1. The summed E-state index contributed by atoms with van der Waals surface area (Å²) < 4.78 is 10.7. The van der Waals surface area contributed by atoms with Crippen molar-refractivity contribution in [3.8, 4) is 0 Å². The maximum absolute atomic E-state index is 9.14. The van der Waals surface area contributed by atoms with Crippen LogP contribution in [0.4, 0.5) is 0 Å². The molecule has 1 N–H and O–H groups in total. The van der Waals surface area contributed by atoms with E-state index in [1.807, 2.05) is 6.92 Å². The quantitative estimate of drug-likeness (QED) is 0.421. The molecule has 3 atom stereocenters. The molecule has 1 heterocycles. The van der Waals surface area contributed by atoms with Crippen LogP contribution in [0.15, 0.2) is 5.11 Å². The van der Waals surface area contributed by atoms with Crippen molar-refractivity contribution >= 4 is 0 Å². The molecule has 0 aliphatic carbocycles. The number of hydrogen-bond donors (Lipinski definition) is 1. The molecule has 1 aliphatic rings. The summed E-state index contributed by atoms with van der Waals surface area (Å²) in [7, 11) is 0. The van der Waals surface area contributed by atoms with E-state index in [0.29, 0.717) is 13.0 Å². The summed E-state index contributed by atoms with van der Waals surface area (Å²) in [6.45, 7) is 3.93. The number of hydrogen-bond acceptors (Lipinski definition) is 4. The van der Waals surface area contributed by atoms with E-state index in [-0.39, 0.29) is 18.9 Å². The first kappa shape index (κ1) is 11.3. The lowest BCUT2D eigenvalue weighted by molar-refractivity contribution is -0.172. The molecule has 0 aromatic rings. The highest BCUT2D eigenvalue weighted by Crippen LogP contribution is 2.33. The van der Waals surface area contributed by atoms with Gasteiger partial charge in [0.15, 0.2) is 6.29 Å². The van der Waals surface area contributed by atoms with Crippen molar-refractivity contribution in [3.05, 3.63) is 10.4 Å². The summed E-state index contributed by atoms with van der Waals surface area (Å²) in [6, 6.07) is -0.367. The second-order valence-electron chi connectivity index (χ2n) is 3.43. The lowest BCUT2D eigenvalue weighted by Crippen LogP contribution is -2.38. The van der Waals surface area contributed by atoms with Gasteiger partial charge in [-0.25, -0.2) is 0 Å². The number of ether oxygens (including phenoxy) is 2. The third-order valence-electron chi connectivity index (χ3n) is 2.38. The molecule has 6 heteroatoms. The predicted molar refractivity (Wildman–Crippen MR) is 49.5 cm³/mol. The molecule has 0 amide bonds. The topological polar surface area (TPSA) is 87.5 Å². The molecular weight excluding hydrogens is 186 g/mol. The fourth-order valence-corrected chi connectivity index (χ4v) is 1.52. The van der Waals surface area contributed by atoms with Crippen molar-refractivity contribution in [1.29, 1.82) is 0 Å². The average Bonchev–Trinajstić information content (AvgIpc) is 2.46. The Bertz CT molecular complexity index is 242. The summed E-state index contributed by atoms with van der Waals surface area (Å²) in [4.78, 5) is 2.73. The highest BCUT2D eigenvalue weighted by atomic mass is 16.7. The van der Waals surface area contributed by atoms with E-state index in [4.69, 9.17) is 20.1 Å². The van der Waals surface area contributed by atoms with Crippen LogP contribution >= 0.6 is 0 Å². The number of aliphatic hydroxyl groups is 1. The maximum atomic E-state index is 9.14. The first-order valence-corrected chi connectivity index (χ1v) is 4.60. The summed E-state index contributed by atoms with van der Waals surface area (Å²) in [6.07, 6.45) is 0.113. The summed E-state index contributed by atoms with van der Waals surface area (Å²) in [5.41, 5.74) is 7.54. The van der Waals surface area contributed by atoms with Gasteiger partial charge < -0.3 is 14.6 Å². The fraction of sp³-hybridized carbons (Fsp3) is 1.00. The van der Waals surface area contributed by atoms with Crippen molar-refractivity contribution in [2.75, 3.05) is 13.2 Å². The summed E-state index contributed by atoms with van der Waals surface area (Å²) in [5, 5.41) is 12.7. The lowest BCUT2D eigenvalue weighted by atomic mass is 9.98. The van der Waals surface area contributed by atoms with Gasteiger partial charge in [0.05, 0.1) is 12.6 Å². The second kappa shape index (κ2) is 4.61. The zero-order chi connectivity index (χ0) is 10.6. The molecule has 0 saturated carbocycles. The molecule has 1 aliphatic heterocycles. The molecule has 1 fully saturated rings. The van der Waals surface area contributed by atoms with Crippen molar-refractivity contribution in [1.82, 2.24) is 0 Å². The summed E-state index contributed by atoms with van der Waals surface area (Å²) in [5.74, 6) is 0. The maximum Gasteiger partial charge on any atom is 0.158 e. The Morgan fingerprint density at radius 2 is 2.50 bits per heavy atom. The summed E-state index contributed by atoms with van der Waals surface area (Å²) >= 11 is 0. The van der Waals surface area contributed by atoms with Gasteiger partial charge in [0.25, 0.3) is 0 Å². The molecule has 0 aromatic carbocycles. The fourth-order valence-electron chi connectivity index (χ4n) is 1.52. The van der Waals surface area contributed by atoms with E-state index in [9.17, 15) is 0 Å². The van der Waals surface area contributed by atoms with E-state index in [1.165, 1.54) is 0 Å². The van der Waals surface area contributed by atoms with Gasteiger partial charge in [0, 0.05) is 17.9 Å². The van der Waals surface area contributed by atoms with E-state index in [2.05, 4.69) is 10.0 Å². The number of azide groups is 1. The predicted octanol–water partition coefficient (Wildman–Crippen LogP) is 1.20. The molecule has 14 heavy (non-hydrogen) atoms. The first-order chi connectivity index (χ1) is 6.66. The van der Waals surface area contributed by atoms with Crippen molar-refractivity contribution in [2.24, 2.45) is 5.11 Å². The van der Waals surface area contributed by atoms with Gasteiger partial charge in [-0.1, -0.05) is 5.11 Å². The van der Waals surface area contributed by atoms with E-state index in [1.54, 1.807) is 6.92 Å². The van der Waals surface area contributed by atoms with Crippen LogP contribution in [0.1, 0.15) is 20.3 Å². The zero-order valence-electron chi connectivity index (χ0n) is 8.38. The highest BCUT2D eigenvalue weighted by molar-refractivity contribution is 4.95. The van der Waals surface area contributed by atoms with Gasteiger partial charge in [0.2, 0.25) is 0 Å². The van der Waals surface area contributed by atoms with Gasteiger partial charge in [-0.05, 0) is 19.4 Å². The Kier molecular flexibility index (Phi) is 3.71. The van der Waals surface area contributed by atoms with Crippen molar-refractivity contribution in [2.45, 2.75) is 38.2 Å². The molecule has 0 spiro atoms. The standard InChI is InChI=1S/C8H15N3O3/c1-3-13-7-4-6(10-11-9)8(2,5-12)14-7/h6-7,12H,3-5H2,1-2H3/t6?,7?,8-/m1/s1. The van der Waals surface area contributed by atoms with Crippen LogP contribution in [-0.2, 0) is 9.47 Å². The van der Waals surface area contributed by atoms with Crippen LogP contribution in [0.3, 0.4) is 0 Å². The molecule has 80 valence electrons. The third-order valence-corrected chi connectivity index (χ3v) is 2.38. The second-order valence-corrected chi connectivity index (χ2v) is 3.43. The zero-order valence-corrected chi connectivity index (χ0v) is 8.38. The largest absolute Gasteiger partial charge is 0.393 e. The number of nitrogens with zero attached hydrogens (tertiary/aromatic N) is 3. The van der Waals surface area contributed by atoms with Crippen LogP contribution < -0.4 is 0 Å². The Balaban J connectivity index is 2.69. The van der Waals surface area contributed by atoms with Gasteiger partial charge >= 0.3 is 0 Å². The third kappa shape index (κ3) is 2.16. The number of rotatable bonds is 4. The molecular formula is C8H15N3O3. The van der Waals surface area contributed by atoms with Crippen molar-refractivity contribution < 1.29 is 14.6 Å². The van der Waals surface area contributed by atoms with E-state index >= 15 is 0 Å². The molecule has 0 aromatic heterocycles. The minimum Gasteiger partial charge on any atom is -0.393 e. The molecule has 2 unspecified atom stereocenters. The lowest BCUT2D eigenvalue weighted by Gasteiger charge is -2.25. The minimum absolute atomic E-state index is 0.180. The van der Waals surface area contributed by atoms with Gasteiger partial charge in [-0.2, -0.15) is 0 Å². The molecule has 0 bridgehead atoms. The normalized spacial score (nSPS) is 36.8. The smallest absolute Gasteiger partial charge is 0.158 e. The molecule has 1 rings (SSSR count). The molecule has 0 radical (unpaired) electrons. The molecule has 1 saturated heterocycles. The monoisotopic (exact) mass is 201 g/mol. The molecule has 6 nitrogen and oxygen atoms in total.